The van der Waals surface area contributed by atoms with Crippen molar-refractivity contribution in [3.05, 3.63) is 59.4 Å². The van der Waals surface area contributed by atoms with Crippen LogP contribution in [-0.4, -0.2) is 13.5 Å². The maximum absolute atomic E-state index is 13.3. The highest BCUT2D eigenvalue weighted by Gasteiger charge is 2.18. The van der Waals surface area contributed by atoms with Crippen molar-refractivity contribution in [3.8, 4) is 0 Å². The summed E-state index contributed by atoms with van der Waals surface area (Å²) >= 11 is 0. The Morgan fingerprint density at radius 1 is 1.19 bits per heavy atom. The lowest BCUT2D eigenvalue weighted by Gasteiger charge is -2.12. The molecule has 0 aliphatic carbocycles. The van der Waals surface area contributed by atoms with Crippen LogP contribution < -0.4 is 4.72 Å². The molecule has 0 heterocycles. The molecule has 112 valence electrons. The predicted molar refractivity (Wildman–Crippen MR) is 79.0 cm³/mol. The number of aliphatic hydroxyl groups is 1. The summed E-state index contributed by atoms with van der Waals surface area (Å²) in [6, 6.07) is 10.0. The third kappa shape index (κ3) is 3.59. The molecule has 0 aromatic heterocycles. The van der Waals surface area contributed by atoms with Crippen molar-refractivity contribution >= 4 is 15.7 Å². The summed E-state index contributed by atoms with van der Waals surface area (Å²) in [5.74, 6) is -0.612. The van der Waals surface area contributed by atoms with Crippen LogP contribution in [0.5, 0.6) is 0 Å². The number of hydrogen-bond donors (Lipinski definition) is 2. The molecule has 1 atom stereocenters. The summed E-state index contributed by atoms with van der Waals surface area (Å²) in [7, 11) is -3.88. The smallest absolute Gasteiger partial charge is 0.262 e. The van der Waals surface area contributed by atoms with E-state index in [1.807, 2.05) is 0 Å². The van der Waals surface area contributed by atoms with Gasteiger partial charge in [0.25, 0.3) is 10.0 Å². The zero-order valence-electron chi connectivity index (χ0n) is 11.7. The van der Waals surface area contributed by atoms with E-state index in [1.54, 1.807) is 32.0 Å². The molecule has 2 aromatic carbocycles. The van der Waals surface area contributed by atoms with Gasteiger partial charge in [-0.25, -0.2) is 12.8 Å². The van der Waals surface area contributed by atoms with E-state index >= 15 is 0 Å². The van der Waals surface area contributed by atoms with E-state index < -0.39 is 21.9 Å². The van der Waals surface area contributed by atoms with E-state index in [0.717, 1.165) is 6.07 Å². The van der Waals surface area contributed by atoms with Gasteiger partial charge < -0.3 is 5.11 Å². The molecule has 0 bridgehead atoms. The second kappa shape index (κ2) is 5.83. The van der Waals surface area contributed by atoms with Crippen molar-refractivity contribution in [3.63, 3.8) is 0 Å². The summed E-state index contributed by atoms with van der Waals surface area (Å²) < 4.78 is 40.3. The minimum absolute atomic E-state index is 0.107. The van der Waals surface area contributed by atoms with Crippen molar-refractivity contribution < 1.29 is 17.9 Å². The van der Waals surface area contributed by atoms with Gasteiger partial charge in [-0.3, -0.25) is 4.72 Å². The number of aryl methyl sites for hydroxylation is 1. The fourth-order valence-corrected chi connectivity index (χ4v) is 3.24. The minimum Gasteiger partial charge on any atom is -0.389 e. The van der Waals surface area contributed by atoms with Gasteiger partial charge in [0.2, 0.25) is 0 Å². The SMILES string of the molecule is Cc1ccc(F)cc1S(=O)(=O)Nc1cccc(C(C)O)c1. The van der Waals surface area contributed by atoms with Crippen molar-refractivity contribution in [2.24, 2.45) is 0 Å². The average molecular weight is 309 g/mol. The summed E-state index contributed by atoms with van der Waals surface area (Å²) in [5.41, 5.74) is 1.36. The van der Waals surface area contributed by atoms with Gasteiger partial charge in [-0.05, 0) is 49.2 Å². The van der Waals surface area contributed by atoms with Crippen LogP contribution in [-0.2, 0) is 10.0 Å². The summed E-state index contributed by atoms with van der Waals surface area (Å²) in [6.07, 6.45) is -0.703. The summed E-state index contributed by atoms with van der Waals surface area (Å²) in [4.78, 5) is -0.107. The monoisotopic (exact) mass is 309 g/mol. The molecule has 0 radical (unpaired) electrons. The van der Waals surface area contributed by atoms with Crippen LogP contribution in [0.2, 0.25) is 0 Å². The number of nitrogens with one attached hydrogen (secondary N) is 1. The van der Waals surface area contributed by atoms with E-state index in [-0.39, 0.29) is 4.90 Å². The second-order valence-electron chi connectivity index (χ2n) is 4.82. The fourth-order valence-electron chi connectivity index (χ4n) is 1.94. The molecule has 4 nitrogen and oxygen atoms in total. The first-order chi connectivity index (χ1) is 9.79. The van der Waals surface area contributed by atoms with E-state index in [2.05, 4.69) is 4.72 Å². The third-order valence-electron chi connectivity index (χ3n) is 3.06. The maximum atomic E-state index is 13.3. The van der Waals surface area contributed by atoms with Gasteiger partial charge in [0.1, 0.15) is 5.82 Å². The molecule has 6 heteroatoms. The molecular formula is C15H16FNO3S. The summed E-state index contributed by atoms with van der Waals surface area (Å²) in [5, 5.41) is 9.52. The Morgan fingerprint density at radius 3 is 2.57 bits per heavy atom. The van der Waals surface area contributed by atoms with Crippen LogP contribution in [0.25, 0.3) is 0 Å². The maximum Gasteiger partial charge on any atom is 0.262 e. The zero-order valence-corrected chi connectivity index (χ0v) is 12.5. The quantitative estimate of drug-likeness (QED) is 0.912. The lowest BCUT2D eigenvalue weighted by Crippen LogP contribution is -2.14. The average Bonchev–Trinajstić information content (AvgIpc) is 2.41. The Bertz CT molecular complexity index is 757. The number of hydrogen-bond acceptors (Lipinski definition) is 3. The van der Waals surface area contributed by atoms with Crippen LogP contribution in [0, 0.1) is 12.7 Å². The van der Waals surface area contributed by atoms with Crippen LogP contribution in [0.1, 0.15) is 24.2 Å². The van der Waals surface area contributed by atoms with Gasteiger partial charge in [0, 0.05) is 5.69 Å². The molecule has 0 spiro atoms. The first kappa shape index (κ1) is 15.5. The number of rotatable bonds is 4. The van der Waals surface area contributed by atoms with Crippen LogP contribution in [0.15, 0.2) is 47.4 Å². The molecule has 0 aliphatic heterocycles. The highest BCUT2D eigenvalue weighted by Crippen LogP contribution is 2.22. The minimum atomic E-state index is -3.88. The van der Waals surface area contributed by atoms with Gasteiger partial charge in [0.05, 0.1) is 11.0 Å². The zero-order chi connectivity index (χ0) is 15.6. The molecule has 0 fully saturated rings. The van der Waals surface area contributed by atoms with Crippen LogP contribution in [0.4, 0.5) is 10.1 Å². The Hall–Kier alpha value is -1.92. The van der Waals surface area contributed by atoms with Crippen molar-refractivity contribution in [2.75, 3.05) is 4.72 Å². The lowest BCUT2D eigenvalue weighted by atomic mass is 10.1. The Kier molecular flexibility index (Phi) is 4.29. The lowest BCUT2D eigenvalue weighted by molar-refractivity contribution is 0.199. The van der Waals surface area contributed by atoms with Crippen LogP contribution in [0.3, 0.4) is 0 Å². The van der Waals surface area contributed by atoms with E-state index in [1.165, 1.54) is 18.2 Å². The van der Waals surface area contributed by atoms with E-state index in [9.17, 15) is 17.9 Å². The molecule has 0 saturated carbocycles. The fraction of sp³-hybridized carbons (Fsp3) is 0.200. The van der Waals surface area contributed by atoms with Crippen molar-refractivity contribution in [1.82, 2.24) is 0 Å². The first-order valence-corrected chi connectivity index (χ1v) is 7.85. The molecule has 1 unspecified atom stereocenters. The number of halogens is 1. The molecule has 0 aliphatic rings. The number of anilines is 1. The largest absolute Gasteiger partial charge is 0.389 e. The number of sulfonamides is 1. The molecule has 0 amide bonds. The Morgan fingerprint density at radius 2 is 1.90 bits per heavy atom. The van der Waals surface area contributed by atoms with Gasteiger partial charge in [-0.2, -0.15) is 0 Å². The predicted octanol–water partition coefficient (Wildman–Crippen LogP) is 2.99. The third-order valence-corrected chi connectivity index (χ3v) is 4.58. The van der Waals surface area contributed by atoms with Gasteiger partial charge >= 0.3 is 0 Å². The van der Waals surface area contributed by atoms with Gasteiger partial charge in [-0.15, -0.1) is 0 Å². The highest BCUT2D eigenvalue weighted by molar-refractivity contribution is 7.92. The normalized spacial score (nSPS) is 13.0. The van der Waals surface area contributed by atoms with Gasteiger partial charge in [0.15, 0.2) is 0 Å². The molecule has 2 rings (SSSR count). The molecule has 0 saturated heterocycles. The number of benzene rings is 2. The molecule has 21 heavy (non-hydrogen) atoms. The molecular weight excluding hydrogens is 293 g/mol. The molecule has 2 aromatic rings. The second-order valence-corrected chi connectivity index (χ2v) is 6.47. The van der Waals surface area contributed by atoms with Crippen LogP contribution >= 0.6 is 0 Å². The van der Waals surface area contributed by atoms with Crippen molar-refractivity contribution in [2.45, 2.75) is 24.8 Å². The van der Waals surface area contributed by atoms with Crippen molar-refractivity contribution in [1.29, 1.82) is 0 Å². The number of aliphatic hydroxyl groups excluding tert-OH is 1. The topological polar surface area (TPSA) is 66.4 Å². The van der Waals surface area contributed by atoms with E-state index in [4.69, 9.17) is 0 Å². The van der Waals surface area contributed by atoms with E-state index in [0.29, 0.717) is 16.8 Å². The Labute approximate surface area is 123 Å². The summed E-state index contributed by atoms with van der Waals surface area (Å²) in [6.45, 7) is 3.19. The standard InChI is InChI=1S/C15H16FNO3S/c1-10-6-7-13(16)9-15(10)21(19,20)17-14-5-3-4-12(8-14)11(2)18/h3-9,11,17-18H,1-2H3. The highest BCUT2D eigenvalue weighted by atomic mass is 32.2. The Balaban J connectivity index is 2.37. The van der Waals surface area contributed by atoms with Gasteiger partial charge in [-0.1, -0.05) is 18.2 Å². The first-order valence-electron chi connectivity index (χ1n) is 6.36. The molecule has 2 N–H and O–H groups in total.